The molecule has 5 rings (SSSR count). The monoisotopic (exact) mass is 419 g/mol. The first-order chi connectivity index (χ1) is 15.0. The minimum absolute atomic E-state index is 0.0259. The highest BCUT2D eigenvalue weighted by Crippen LogP contribution is 2.28. The van der Waals surface area contributed by atoms with Gasteiger partial charge in [0.2, 0.25) is 0 Å². The van der Waals surface area contributed by atoms with Crippen molar-refractivity contribution in [2.45, 2.75) is 18.9 Å². The number of hydrogen-bond donors (Lipinski definition) is 2. The Hall–Kier alpha value is -3.88. The van der Waals surface area contributed by atoms with Crippen molar-refractivity contribution in [1.29, 1.82) is 0 Å². The number of esters is 1. The van der Waals surface area contributed by atoms with Gasteiger partial charge in [-0.2, -0.15) is 5.10 Å². The summed E-state index contributed by atoms with van der Waals surface area (Å²) in [7, 11) is 1.30. The number of H-pyrrole nitrogens is 2. The number of nitrogens with one attached hydrogen (secondary N) is 2. The zero-order chi connectivity index (χ0) is 21.5. The summed E-state index contributed by atoms with van der Waals surface area (Å²) < 4.78 is 6.73. The maximum absolute atomic E-state index is 13.0. The number of carbonyl (C=O) groups is 2. The van der Waals surface area contributed by atoms with E-state index in [-0.39, 0.29) is 23.1 Å². The van der Waals surface area contributed by atoms with Gasteiger partial charge in [0.1, 0.15) is 17.0 Å². The number of methoxy groups -OCH3 is 1. The summed E-state index contributed by atoms with van der Waals surface area (Å²) >= 11 is 0. The second kappa shape index (κ2) is 7.42. The largest absolute Gasteiger partial charge is 0.465 e. The number of likely N-dealkylation sites (tertiary alicyclic amines) is 1. The van der Waals surface area contributed by atoms with Gasteiger partial charge in [-0.1, -0.05) is 18.2 Å². The summed E-state index contributed by atoms with van der Waals surface area (Å²) in [5, 5.41) is 7.35. The highest BCUT2D eigenvalue weighted by Gasteiger charge is 2.28. The molecule has 9 heteroatoms. The van der Waals surface area contributed by atoms with Crippen molar-refractivity contribution in [2.24, 2.45) is 0 Å². The Bertz CT molecular complexity index is 1280. The number of para-hydroxylation sites is 1. The van der Waals surface area contributed by atoms with Gasteiger partial charge in [0.15, 0.2) is 0 Å². The molecule has 1 saturated heterocycles. The number of ether oxygens (including phenoxy) is 1. The molecule has 1 aromatic carbocycles. The van der Waals surface area contributed by atoms with Crippen molar-refractivity contribution >= 4 is 22.8 Å². The van der Waals surface area contributed by atoms with E-state index >= 15 is 0 Å². The molecule has 0 aliphatic carbocycles. The van der Waals surface area contributed by atoms with Crippen LogP contribution in [0, 0.1) is 0 Å². The number of aromatic amines is 2. The van der Waals surface area contributed by atoms with E-state index in [4.69, 9.17) is 4.74 Å². The highest BCUT2D eigenvalue weighted by atomic mass is 16.5. The molecule has 9 nitrogen and oxygen atoms in total. The summed E-state index contributed by atoms with van der Waals surface area (Å²) in [6.07, 6.45) is 4.80. The molecular formula is C22H21N5O4. The molecular weight excluding hydrogens is 398 g/mol. The third-order valence-electron chi connectivity index (χ3n) is 5.92. The van der Waals surface area contributed by atoms with Crippen LogP contribution < -0.4 is 5.56 Å². The lowest BCUT2D eigenvalue weighted by Crippen LogP contribution is -2.39. The van der Waals surface area contributed by atoms with Crippen molar-refractivity contribution in [2.75, 3.05) is 20.2 Å². The van der Waals surface area contributed by atoms with Crippen molar-refractivity contribution in [1.82, 2.24) is 24.6 Å². The van der Waals surface area contributed by atoms with E-state index in [0.29, 0.717) is 42.9 Å². The molecule has 0 bridgehead atoms. The summed E-state index contributed by atoms with van der Waals surface area (Å²) in [6, 6.07) is 9.73. The summed E-state index contributed by atoms with van der Waals surface area (Å²) in [5.41, 5.74) is 2.07. The number of rotatable bonds is 3. The van der Waals surface area contributed by atoms with Gasteiger partial charge in [-0.25, -0.2) is 9.89 Å². The normalized spacial score (nSPS) is 14.9. The van der Waals surface area contributed by atoms with Gasteiger partial charge >= 0.3 is 5.97 Å². The average Bonchev–Trinajstić information content (AvgIpc) is 3.41. The molecule has 1 amide bonds. The predicted octanol–water partition coefficient (Wildman–Crippen LogP) is 2.42. The van der Waals surface area contributed by atoms with Crippen molar-refractivity contribution in [3.05, 3.63) is 64.3 Å². The van der Waals surface area contributed by atoms with Crippen LogP contribution in [0.25, 0.3) is 22.2 Å². The molecule has 0 spiro atoms. The molecule has 0 saturated carbocycles. The van der Waals surface area contributed by atoms with E-state index in [1.54, 1.807) is 12.4 Å². The van der Waals surface area contributed by atoms with Gasteiger partial charge in [0.05, 0.1) is 12.7 Å². The summed E-state index contributed by atoms with van der Waals surface area (Å²) in [4.78, 5) is 42.3. The number of amides is 1. The predicted molar refractivity (Wildman–Crippen MR) is 113 cm³/mol. The van der Waals surface area contributed by atoms with Gasteiger partial charge in [-0.3, -0.25) is 9.59 Å². The minimum atomic E-state index is -0.544. The van der Waals surface area contributed by atoms with Crippen LogP contribution in [0.1, 0.15) is 39.7 Å². The number of hydrogen-bond acceptors (Lipinski definition) is 5. The Labute approximate surface area is 177 Å². The number of carbonyl (C=O) groups excluding carboxylic acids is 2. The number of benzene rings is 1. The van der Waals surface area contributed by atoms with Gasteiger partial charge in [0.25, 0.3) is 11.5 Å². The molecule has 0 atom stereocenters. The van der Waals surface area contributed by atoms with Gasteiger partial charge in [-0.05, 0) is 25.0 Å². The van der Waals surface area contributed by atoms with Gasteiger partial charge < -0.3 is 19.2 Å². The van der Waals surface area contributed by atoms with Crippen LogP contribution in [0.15, 0.2) is 47.5 Å². The number of pyridine rings is 1. The number of fused-ring (bicyclic) bond motifs is 2. The molecule has 3 aliphatic rings. The first-order valence-corrected chi connectivity index (χ1v) is 10.1. The fourth-order valence-electron chi connectivity index (χ4n) is 4.25. The van der Waals surface area contributed by atoms with Gasteiger partial charge in [-0.15, -0.1) is 0 Å². The van der Waals surface area contributed by atoms with E-state index in [9.17, 15) is 14.4 Å². The lowest BCUT2D eigenvalue weighted by atomic mass is 10.0. The Kier molecular flexibility index (Phi) is 4.58. The fourth-order valence-corrected chi connectivity index (χ4v) is 4.25. The Balaban J connectivity index is 1.36. The molecule has 0 unspecified atom stereocenters. The standard InChI is InChI=1S/C22H21N5O4/c1-31-22(30)16-12-27(11-15-19(16)24-25-20(15)28)14-6-8-26(9-7-14)21(29)18-10-13-4-2-3-5-17(13)23-18/h2-5,10-12,14,23H,6-9H2,1H3,(H,25,28). The van der Waals surface area contributed by atoms with E-state index < -0.39 is 5.97 Å². The van der Waals surface area contributed by atoms with Crippen LogP contribution in [0.2, 0.25) is 0 Å². The maximum atomic E-state index is 13.0. The third kappa shape index (κ3) is 3.27. The fraction of sp³-hybridized carbons (Fsp3) is 0.273. The number of nitrogens with zero attached hydrogens (tertiary/aromatic N) is 3. The van der Waals surface area contributed by atoms with Crippen molar-refractivity contribution < 1.29 is 14.3 Å². The first-order valence-electron chi connectivity index (χ1n) is 10.1. The SMILES string of the molecule is COC(=O)c1cn(C2CCN(C(=O)c3cc4ccccc4[nH]3)CC2)cc2c(=O)[nH]nc1-2. The van der Waals surface area contributed by atoms with E-state index in [2.05, 4.69) is 15.2 Å². The summed E-state index contributed by atoms with van der Waals surface area (Å²) in [6.45, 7) is 1.15. The Morgan fingerprint density at radius 2 is 1.94 bits per heavy atom. The Morgan fingerprint density at radius 3 is 2.68 bits per heavy atom. The topological polar surface area (TPSA) is 113 Å². The van der Waals surface area contributed by atoms with Gasteiger partial charge in [0, 0.05) is 42.4 Å². The van der Waals surface area contributed by atoms with Crippen LogP contribution >= 0.6 is 0 Å². The molecule has 2 aromatic rings. The van der Waals surface area contributed by atoms with Crippen LogP contribution in [0.3, 0.4) is 0 Å². The second-order valence-electron chi connectivity index (χ2n) is 7.72. The van der Waals surface area contributed by atoms with E-state index in [0.717, 1.165) is 10.9 Å². The molecule has 2 N–H and O–H groups in total. The van der Waals surface area contributed by atoms with Crippen LogP contribution in [0.4, 0.5) is 0 Å². The number of aromatic nitrogens is 4. The molecule has 3 aliphatic heterocycles. The lowest BCUT2D eigenvalue weighted by molar-refractivity contribution is 0.0600. The summed E-state index contributed by atoms with van der Waals surface area (Å²) in [5.74, 6) is -0.570. The molecule has 31 heavy (non-hydrogen) atoms. The van der Waals surface area contributed by atoms with Crippen LogP contribution in [-0.2, 0) is 4.74 Å². The zero-order valence-corrected chi connectivity index (χ0v) is 16.9. The van der Waals surface area contributed by atoms with Crippen LogP contribution in [-0.4, -0.2) is 56.7 Å². The first kappa shape index (κ1) is 19.1. The number of piperidine rings is 1. The molecule has 158 valence electrons. The van der Waals surface area contributed by atoms with Crippen LogP contribution in [0.5, 0.6) is 0 Å². The molecule has 0 radical (unpaired) electrons. The minimum Gasteiger partial charge on any atom is -0.465 e. The average molecular weight is 419 g/mol. The second-order valence-corrected chi connectivity index (χ2v) is 7.72. The lowest BCUT2D eigenvalue weighted by Gasteiger charge is -2.33. The van der Waals surface area contributed by atoms with Crippen molar-refractivity contribution in [3.8, 4) is 11.3 Å². The zero-order valence-electron chi connectivity index (χ0n) is 16.9. The highest BCUT2D eigenvalue weighted by molar-refractivity contribution is 5.98. The Morgan fingerprint density at radius 1 is 1.16 bits per heavy atom. The molecule has 4 heterocycles. The maximum Gasteiger partial charge on any atom is 0.341 e. The van der Waals surface area contributed by atoms with E-state index in [1.807, 2.05) is 39.8 Å². The smallest absolute Gasteiger partial charge is 0.341 e. The molecule has 1 aromatic heterocycles. The van der Waals surface area contributed by atoms with Crippen molar-refractivity contribution in [3.63, 3.8) is 0 Å². The third-order valence-corrected chi connectivity index (χ3v) is 5.92. The molecule has 1 fully saturated rings. The van der Waals surface area contributed by atoms with E-state index in [1.165, 1.54) is 7.11 Å². The quantitative estimate of drug-likeness (QED) is 0.495.